The van der Waals surface area contributed by atoms with E-state index in [1.54, 1.807) is 0 Å². The molecule has 0 unspecified atom stereocenters. The van der Waals surface area contributed by atoms with Gasteiger partial charge in [-0.25, -0.2) is 0 Å². The molecule has 20 nitrogen and oxygen atoms in total. The Labute approximate surface area is 468 Å². The molecule has 0 spiro atoms. The molecule has 82 heavy (non-hydrogen) atoms. The van der Waals surface area contributed by atoms with Crippen molar-refractivity contribution in [3.8, 4) is 115 Å². The monoisotopic (exact) mass is 1130 g/mol. The number of hydrogen-bond donors (Lipinski definition) is 20. The lowest BCUT2D eigenvalue weighted by Gasteiger charge is -2.30. The highest BCUT2D eigenvalue weighted by Gasteiger charge is 2.29. The van der Waals surface area contributed by atoms with E-state index in [9.17, 15) is 102 Å². The van der Waals surface area contributed by atoms with Crippen LogP contribution < -0.4 is 0 Å². The molecule has 0 radical (unpaired) electrons. The van der Waals surface area contributed by atoms with Crippen molar-refractivity contribution < 1.29 is 102 Å². The molecule has 0 aromatic heterocycles. The average Bonchev–Trinajstić information content (AvgIpc) is 3.53. The van der Waals surface area contributed by atoms with Crippen molar-refractivity contribution in [3.05, 3.63) is 164 Å². The van der Waals surface area contributed by atoms with Gasteiger partial charge in [0.1, 0.15) is 46.0 Å². The molecule has 8 aromatic carbocycles. The molecule has 0 fully saturated rings. The summed E-state index contributed by atoms with van der Waals surface area (Å²) in [5, 5.41) is 212. The van der Waals surface area contributed by atoms with Gasteiger partial charge in [-0.2, -0.15) is 0 Å². The van der Waals surface area contributed by atoms with Gasteiger partial charge in [-0.15, -0.1) is 0 Å². The highest BCUT2D eigenvalue weighted by atomic mass is 16.3. The summed E-state index contributed by atoms with van der Waals surface area (Å²) in [5.41, 5.74) is 3.44. The fraction of sp³-hybridized carbons (Fsp3) is 0.226. The molecule has 0 heterocycles. The van der Waals surface area contributed by atoms with Gasteiger partial charge in [0.25, 0.3) is 0 Å². The second kappa shape index (κ2) is 24.0. The smallest absolute Gasteiger partial charge is 0.200 e. The lowest BCUT2D eigenvalue weighted by Crippen LogP contribution is -2.20. The van der Waals surface area contributed by atoms with Crippen molar-refractivity contribution in [2.45, 2.75) is 83.0 Å². The number of aryl methyl sites for hydroxylation is 5. The molecule has 0 saturated heterocycles. The Bertz CT molecular complexity index is 3520. The fourth-order valence-electron chi connectivity index (χ4n) is 10.6. The second-order valence-electron chi connectivity index (χ2n) is 20.6. The van der Waals surface area contributed by atoms with Gasteiger partial charge in [0, 0.05) is 22.3 Å². The van der Waals surface area contributed by atoms with E-state index < -0.39 is 80.8 Å². The van der Waals surface area contributed by atoms with Gasteiger partial charge in [0.15, 0.2) is 69.0 Å². The Hall–Kier alpha value is -10.2. The van der Waals surface area contributed by atoms with Crippen molar-refractivity contribution in [1.82, 2.24) is 0 Å². The van der Waals surface area contributed by atoms with Gasteiger partial charge >= 0.3 is 0 Å². The van der Waals surface area contributed by atoms with Crippen LogP contribution in [-0.4, -0.2) is 102 Å². The van der Waals surface area contributed by atoms with Crippen molar-refractivity contribution in [2.75, 3.05) is 0 Å². The van der Waals surface area contributed by atoms with Crippen LogP contribution in [-0.2, 0) is 70.6 Å². The fourth-order valence-corrected chi connectivity index (χ4v) is 10.6. The highest BCUT2D eigenvalue weighted by Crippen LogP contribution is 2.45. The molecule has 2 atom stereocenters. The van der Waals surface area contributed by atoms with E-state index >= 15 is 0 Å². The van der Waals surface area contributed by atoms with E-state index in [2.05, 4.69) is 0 Å². The quantitative estimate of drug-likeness (QED) is 0.0299. The average molecular weight is 1130 g/mol. The first kappa shape index (κ1) is 57.9. The van der Waals surface area contributed by atoms with Gasteiger partial charge in [0.05, 0.1) is 0 Å². The highest BCUT2D eigenvalue weighted by molar-refractivity contribution is 5.57. The zero-order valence-corrected chi connectivity index (χ0v) is 43.8. The molecule has 0 bridgehead atoms. The van der Waals surface area contributed by atoms with Crippen molar-refractivity contribution in [3.63, 3.8) is 0 Å². The Morgan fingerprint density at radius 2 is 0.415 bits per heavy atom. The molecule has 0 aliphatic carbocycles. The summed E-state index contributed by atoms with van der Waals surface area (Å²) in [6.07, 6.45) is 0.723. The van der Waals surface area contributed by atoms with Crippen LogP contribution in [0.2, 0.25) is 0 Å². The van der Waals surface area contributed by atoms with Crippen LogP contribution in [0, 0.1) is 5.92 Å². The number of phenols is 20. The lowest BCUT2D eigenvalue weighted by molar-refractivity contribution is 0.367. The summed E-state index contributed by atoms with van der Waals surface area (Å²) in [6, 6.07) is 21.2. The number of phenolic OH excluding ortho intramolecular Hbond substituents is 20. The van der Waals surface area contributed by atoms with Gasteiger partial charge in [-0.1, -0.05) is 0 Å². The Kier molecular flexibility index (Phi) is 17.0. The minimum absolute atomic E-state index is 0.00553. The molecule has 0 amide bonds. The summed E-state index contributed by atoms with van der Waals surface area (Å²) in [5.74, 6) is -11.5. The third kappa shape index (κ3) is 13.1. The summed E-state index contributed by atoms with van der Waals surface area (Å²) in [4.78, 5) is 0. The maximum absolute atomic E-state index is 11.7. The van der Waals surface area contributed by atoms with E-state index in [1.807, 2.05) is 0 Å². The molecular weight excluding hydrogens is 1060 g/mol. The summed E-state index contributed by atoms with van der Waals surface area (Å²) < 4.78 is 0. The van der Waals surface area contributed by atoms with Gasteiger partial charge < -0.3 is 102 Å². The van der Waals surface area contributed by atoms with E-state index in [0.717, 1.165) is 0 Å². The van der Waals surface area contributed by atoms with E-state index in [0.29, 0.717) is 44.5 Å². The molecule has 0 aliphatic heterocycles. The first-order chi connectivity index (χ1) is 38.8. The van der Waals surface area contributed by atoms with Gasteiger partial charge in [-0.3, -0.25) is 0 Å². The van der Waals surface area contributed by atoms with E-state index in [4.69, 9.17) is 0 Å². The third-order valence-corrected chi connectivity index (χ3v) is 14.9. The van der Waals surface area contributed by atoms with Crippen LogP contribution in [0.4, 0.5) is 0 Å². The number of hydrogen-bond acceptors (Lipinski definition) is 20. The van der Waals surface area contributed by atoms with Gasteiger partial charge in [-0.05, 0) is 230 Å². The van der Waals surface area contributed by atoms with Crippen molar-refractivity contribution >= 4 is 0 Å². The maximum atomic E-state index is 11.7. The van der Waals surface area contributed by atoms with E-state index in [1.165, 1.54) is 97.1 Å². The number of benzene rings is 8. The van der Waals surface area contributed by atoms with Crippen LogP contribution in [0.5, 0.6) is 115 Å². The molecule has 8 rings (SSSR count). The predicted octanol–water partition coefficient (Wildman–Crippen LogP) is 8.76. The number of aromatic hydroxyl groups is 20. The van der Waals surface area contributed by atoms with Crippen LogP contribution in [0.1, 0.15) is 79.1 Å². The summed E-state index contributed by atoms with van der Waals surface area (Å²) in [6.45, 7) is 0. The molecule has 20 heteroatoms. The largest absolute Gasteiger partial charge is 0.508 e. The normalized spacial score (nSPS) is 12.1. The van der Waals surface area contributed by atoms with E-state index in [-0.39, 0.29) is 145 Å². The SMILES string of the molecule is Oc1cc(CCc2c(O)cc(CC[C@H](Cc3cc(O)c(CCc4cc(O)c(O)c(O)c4)c(O)c3)[C@@H](Cc3cc(O)c(CCc4cc(O)c(O)c(O)c4)c(O)c3)c3cc(O)c(CCc4cc(O)c(O)c(O)c4)c(O)c3)cc2O)cc(O)c1O. The molecule has 430 valence electrons. The Morgan fingerprint density at radius 3 is 0.683 bits per heavy atom. The summed E-state index contributed by atoms with van der Waals surface area (Å²) in [7, 11) is 0. The lowest BCUT2D eigenvalue weighted by atomic mass is 9.75. The first-order valence-electron chi connectivity index (χ1n) is 25.9. The topological polar surface area (TPSA) is 405 Å². The maximum Gasteiger partial charge on any atom is 0.200 e. The standard InChI is InChI=1S/C62H62O20/c63-43-13-29(14-44(64)38(43)7-2-30-15-51(71)59(79)52(72)16-30)1-6-36(11-34-23-45(65)39(46(66)24-34)8-3-31-17-53(73)60(80)54(74)18-31)42(37-27-49(69)41(50(70)28-37)10-5-33-21-57(77)62(82)58(78)22-33)12-35-25-47(67)40(48(68)26-35)9-4-32-19-55(75)61(81)56(76)20-32/h13-28,36,42,63-82H,1-12H2/t36-,42-/m1/s1. The van der Waals surface area contributed by atoms with Crippen molar-refractivity contribution in [2.24, 2.45) is 5.92 Å². The zero-order chi connectivity index (χ0) is 59.4. The first-order valence-corrected chi connectivity index (χ1v) is 25.9. The van der Waals surface area contributed by atoms with Crippen LogP contribution >= 0.6 is 0 Å². The molecule has 0 aliphatic rings. The molecular formula is C62H62O20. The molecule has 0 saturated carbocycles. The predicted molar refractivity (Wildman–Crippen MR) is 296 cm³/mol. The van der Waals surface area contributed by atoms with Crippen LogP contribution in [0.3, 0.4) is 0 Å². The Balaban J connectivity index is 1.17. The number of rotatable bonds is 21. The van der Waals surface area contributed by atoms with Crippen molar-refractivity contribution in [1.29, 1.82) is 0 Å². The second-order valence-corrected chi connectivity index (χ2v) is 20.6. The Morgan fingerprint density at radius 1 is 0.207 bits per heavy atom. The molecule has 20 N–H and O–H groups in total. The minimum Gasteiger partial charge on any atom is -0.508 e. The van der Waals surface area contributed by atoms with Gasteiger partial charge in [0.2, 0.25) is 0 Å². The minimum atomic E-state index is -0.803. The molecule has 8 aromatic rings. The van der Waals surface area contributed by atoms with Crippen LogP contribution in [0.15, 0.2) is 97.1 Å². The zero-order valence-electron chi connectivity index (χ0n) is 43.8. The summed E-state index contributed by atoms with van der Waals surface area (Å²) >= 11 is 0. The third-order valence-electron chi connectivity index (χ3n) is 14.9. The van der Waals surface area contributed by atoms with Crippen LogP contribution in [0.25, 0.3) is 0 Å².